The molecule has 0 aliphatic rings. The predicted molar refractivity (Wildman–Crippen MR) is 108 cm³/mol. The van der Waals surface area contributed by atoms with Crippen LogP contribution in [0.3, 0.4) is 0 Å². The number of carbonyl (C=O) groups excluding carboxylic acids is 3. The second-order valence-electron chi connectivity index (χ2n) is 6.65. The first kappa shape index (κ1) is 22.9. The summed E-state index contributed by atoms with van der Waals surface area (Å²) in [7, 11) is 2.72. The molecule has 0 saturated carbocycles. The van der Waals surface area contributed by atoms with Gasteiger partial charge in [0.15, 0.2) is 0 Å². The molecule has 0 saturated heterocycles. The summed E-state index contributed by atoms with van der Waals surface area (Å²) in [4.78, 5) is 36.8. The van der Waals surface area contributed by atoms with Gasteiger partial charge < -0.3 is 20.1 Å². The van der Waals surface area contributed by atoms with Crippen molar-refractivity contribution in [2.75, 3.05) is 14.2 Å². The summed E-state index contributed by atoms with van der Waals surface area (Å²) in [6, 6.07) is 11.0. The highest BCUT2D eigenvalue weighted by Gasteiger charge is 2.28. The van der Waals surface area contributed by atoms with Crippen LogP contribution >= 0.6 is 0 Å². The molecule has 8 heteroatoms. The van der Waals surface area contributed by atoms with Gasteiger partial charge in [-0.2, -0.15) is 0 Å². The number of amides is 2. The minimum Gasteiger partial charge on any atom is -0.496 e. The highest BCUT2D eigenvalue weighted by atomic mass is 19.1. The van der Waals surface area contributed by atoms with E-state index in [1.165, 1.54) is 39.3 Å². The van der Waals surface area contributed by atoms with Crippen molar-refractivity contribution >= 4 is 17.8 Å². The number of halogens is 1. The molecule has 160 valence electrons. The summed E-state index contributed by atoms with van der Waals surface area (Å²) in [6.45, 7) is 1.26. The van der Waals surface area contributed by atoms with Crippen LogP contribution in [-0.4, -0.2) is 44.1 Å². The molecule has 2 amide bonds. The second-order valence-corrected chi connectivity index (χ2v) is 6.65. The van der Waals surface area contributed by atoms with Crippen molar-refractivity contribution < 1.29 is 28.2 Å². The number of para-hydroxylation sites is 1. The van der Waals surface area contributed by atoms with Crippen molar-refractivity contribution in [2.24, 2.45) is 0 Å². The standard InChI is InChI=1S/C22H25FN2O5/c1-14(26)24-18(12-15-8-4-6-10-17(15)23)21(27)25-19(22(28)30-3)13-16-9-5-7-11-20(16)29-2/h4-11,18-19H,12-13H2,1-3H3,(H,24,26)(H,25,27)/t18-,19+/m0/s1. The maximum Gasteiger partial charge on any atom is 0.328 e. The summed E-state index contributed by atoms with van der Waals surface area (Å²) >= 11 is 0. The van der Waals surface area contributed by atoms with Crippen LogP contribution < -0.4 is 15.4 Å². The zero-order valence-corrected chi connectivity index (χ0v) is 17.1. The van der Waals surface area contributed by atoms with Crippen LogP contribution in [0, 0.1) is 5.82 Å². The zero-order valence-electron chi connectivity index (χ0n) is 17.1. The molecule has 0 spiro atoms. The fourth-order valence-corrected chi connectivity index (χ4v) is 3.04. The summed E-state index contributed by atoms with van der Waals surface area (Å²) in [5.74, 6) is -1.66. The molecule has 0 bridgehead atoms. The average molecular weight is 416 g/mol. The van der Waals surface area contributed by atoms with Crippen molar-refractivity contribution in [2.45, 2.75) is 31.8 Å². The van der Waals surface area contributed by atoms with Gasteiger partial charge in [0.1, 0.15) is 23.7 Å². The van der Waals surface area contributed by atoms with Crippen molar-refractivity contribution in [3.05, 3.63) is 65.5 Å². The Kier molecular flexibility index (Phi) is 8.34. The van der Waals surface area contributed by atoms with E-state index in [9.17, 15) is 18.8 Å². The third-order valence-electron chi connectivity index (χ3n) is 4.49. The Hall–Kier alpha value is -3.42. The zero-order chi connectivity index (χ0) is 22.1. The fourth-order valence-electron chi connectivity index (χ4n) is 3.04. The molecule has 2 aromatic rings. The van der Waals surface area contributed by atoms with Crippen molar-refractivity contribution in [1.29, 1.82) is 0 Å². The van der Waals surface area contributed by atoms with Crippen LogP contribution in [-0.2, 0) is 32.0 Å². The van der Waals surface area contributed by atoms with Crippen LogP contribution in [0.5, 0.6) is 5.75 Å². The lowest BCUT2D eigenvalue weighted by Crippen LogP contribution is -2.53. The van der Waals surface area contributed by atoms with Gasteiger partial charge in [0.05, 0.1) is 14.2 Å². The van der Waals surface area contributed by atoms with Gasteiger partial charge in [0, 0.05) is 19.8 Å². The molecule has 0 heterocycles. The number of nitrogens with one attached hydrogen (secondary N) is 2. The number of rotatable bonds is 9. The molecule has 0 aliphatic carbocycles. The van der Waals surface area contributed by atoms with Gasteiger partial charge in [0.25, 0.3) is 0 Å². The quantitative estimate of drug-likeness (QED) is 0.608. The van der Waals surface area contributed by atoms with E-state index in [-0.39, 0.29) is 18.4 Å². The highest BCUT2D eigenvalue weighted by molar-refractivity contribution is 5.90. The molecule has 0 aromatic heterocycles. The van der Waals surface area contributed by atoms with E-state index in [2.05, 4.69) is 10.6 Å². The molecular formula is C22H25FN2O5. The number of hydrogen-bond donors (Lipinski definition) is 2. The second kappa shape index (κ2) is 10.9. The summed E-state index contributed by atoms with van der Waals surface area (Å²) < 4.78 is 24.1. The van der Waals surface area contributed by atoms with E-state index in [1.54, 1.807) is 30.3 Å². The summed E-state index contributed by atoms with van der Waals surface area (Å²) in [5.41, 5.74) is 0.964. The lowest BCUT2D eigenvalue weighted by Gasteiger charge is -2.22. The average Bonchev–Trinajstić information content (AvgIpc) is 2.73. The number of methoxy groups -OCH3 is 2. The maximum absolute atomic E-state index is 14.0. The SMILES string of the molecule is COC(=O)[C@@H](Cc1ccccc1OC)NC(=O)[C@H](Cc1ccccc1F)NC(C)=O. The molecule has 0 fully saturated rings. The molecule has 7 nitrogen and oxygen atoms in total. The van der Waals surface area contributed by atoms with E-state index < -0.39 is 35.7 Å². The van der Waals surface area contributed by atoms with Crippen LogP contribution in [0.4, 0.5) is 4.39 Å². The number of hydrogen-bond acceptors (Lipinski definition) is 5. The molecule has 30 heavy (non-hydrogen) atoms. The van der Waals surface area contributed by atoms with E-state index in [0.29, 0.717) is 11.3 Å². The smallest absolute Gasteiger partial charge is 0.328 e. The predicted octanol–water partition coefficient (Wildman–Crippen LogP) is 1.78. The number of ether oxygens (including phenoxy) is 2. The number of esters is 1. The first-order chi connectivity index (χ1) is 14.3. The van der Waals surface area contributed by atoms with Crippen LogP contribution in [0.25, 0.3) is 0 Å². The van der Waals surface area contributed by atoms with Crippen LogP contribution in [0.15, 0.2) is 48.5 Å². The molecule has 0 radical (unpaired) electrons. The van der Waals surface area contributed by atoms with Gasteiger partial charge in [-0.25, -0.2) is 9.18 Å². The van der Waals surface area contributed by atoms with Gasteiger partial charge in [-0.05, 0) is 23.3 Å². The Bertz CT molecular complexity index is 903. The van der Waals surface area contributed by atoms with Gasteiger partial charge in [0.2, 0.25) is 11.8 Å². The maximum atomic E-state index is 14.0. The van der Waals surface area contributed by atoms with Gasteiger partial charge in [-0.15, -0.1) is 0 Å². The molecule has 2 rings (SSSR count). The van der Waals surface area contributed by atoms with Gasteiger partial charge >= 0.3 is 5.97 Å². The minimum atomic E-state index is -1.07. The molecule has 2 N–H and O–H groups in total. The number of benzene rings is 2. The first-order valence-corrected chi connectivity index (χ1v) is 9.36. The van der Waals surface area contributed by atoms with Crippen molar-refractivity contribution in [1.82, 2.24) is 10.6 Å². The van der Waals surface area contributed by atoms with E-state index >= 15 is 0 Å². The molecule has 0 aliphatic heterocycles. The Balaban J connectivity index is 2.22. The van der Waals surface area contributed by atoms with E-state index in [4.69, 9.17) is 9.47 Å². The normalized spacial score (nSPS) is 12.4. The van der Waals surface area contributed by atoms with E-state index in [0.717, 1.165) is 0 Å². The molecule has 0 unspecified atom stereocenters. The monoisotopic (exact) mass is 416 g/mol. The Morgan fingerprint density at radius 2 is 1.50 bits per heavy atom. The lowest BCUT2D eigenvalue weighted by atomic mass is 10.0. The third kappa shape index (κ3) is 6.30. The van der Waals surface area contributed by atoms with Gasteiger partial charge in [-0.1, -0.05) is 36.4 Å². The molecule has 2 aromatic carbocycles. The topological polar surface area (TPSA) is 93.7 Å². The van der Waals surface area contributed by atoms with Crippen LogP contribution in [0.2, 0.25) is 0 Å². The Labute approximate surface area is 174 Å². The summed E-state index contributed by atoms with van der Waals surface area (Å²) in [5, 5.41) is 5.12. The van der Waals surface area contributed by atoms with E-state index in [1.807, 2.05) is 0 Å². The first-order valence-electron chi connectivity index (χ1n) is 9.36. The Morgan fingerprint density at radius 3 is 2.10 bits per heavy atom. The van der Waals surface area contributed by atoms with Crippen molar-refractivity contribution in [3.8, 4) is 5.75 Å². The number of carbonyl (C=O) groups is 3. The van der Waals surface area contributed by atoms with Crippen molar-refractivity contribution in [3.63, 3.8) is 0 Å². The molecular weight excluding hydrogens is 391 g/mol. The van der Waals surface area contributed by atoms with Crippen LogP contribution in [0.1, 0.15) is 18.1 Å². The molecule has 2 atom stereocenters. The third-order valence-corrected chi connectivity index (χ3v) is 4.49. The van der Waals surface area contributed by atoms with Gasteiger partial charge in [-0.3, -0.25) is 9.59 Å². The lowest BCUT2D eigenvalue weighted by molar-refractivity contribution is -0.145. The fraction of sp³-hybridized carbons (Fsp3) is 0.318. The Morgan fingerprint density at radius 1 is 0.900 bits per heavy atom. The minimum absolute atomic E-state index is 0.0688. The summed E-state index contributed by atoms with van der Waals surface area (Å²) in [6.07, 6.45) is 0.0511. The largest absolute Gasteiger partial charge is 0.496 e. The highest BCUT2D eigenvalue weighted by Crippen LogP contribution is 2.19.